The van der Waals surface area contributed by atoms with Gasteiger partial charge in [-0.3, -0.25) is 4.90 Å². The molecule has 0 aliphatic carbocycles. The van der Waals surface area contributed by atoms with Gasteiger partial charge in [-0.1, -0.05) is 18.2 Å². The lowest BCUT2D eigenvalue weighted by Crippen LogP contribution is -2.34. The number of fused-ring (bicyclic) bond motifs is 1. The minimum atomic E-state index is 0.689. The second-order valence-corrected chi connectivity index (χ2v) is 5.10. The molecular weight excluding hydrogens is 224 g/mol. The second kappa shape index (κ2) is 5.12. The van der Waals surface area contributed by atoms with E-state index in [-0.39, 0.29) is 0 Å². The number of rotatable bonds is 3. The van der Waals surface area contributed by atoms with Gasteiger partial charge in [0.25, 0.3) is 0 Å². The summed E-state index contributed by atoms with van der Waals surface area (Å²) in [5.74, 6) is 0.689. The predicted octanol–water partition coefficient (Wildman–Crippen LogP) is 2.95. The first-order valence-electron chi connectivity index (χ1n) is 6.66. The van der Waals surface area contributed by atoms with E-state index in [1.165, 1.54) is 29.3 Å². The van der Waals surface area contributed by atoms with Crippen LogP contribution in [-0.2, 0) is 4.74 Å². The van der Waals surface area contributed by atoms with Crippen LogP contribution in [0.4, 0.5) is 0 Å². The number of piperidine rings is 1. The molecule has 0 radical (unpaired) electrons. The SMILES string of the molecule is COCN1CCC(c2c[nH]c3ccccc23)CC1. The van der Waals surface area contributed by atoms with Crippen LogP contribution in [0.2, 0.25) is 0 Å². The third-order valence-corrected chi connectivity index (χ3v) is 3.96. The molecule has 1 aliphatic heterocycles. The molecule has 18 heavy (non-hydrogen) atoms. The number of nitrogens with one attached hydrogen (secondary N) is 1. The molecule has 1 saturated heterocycles. The monoisotopic (exact) mass is 244 g/mol. The molecule has 0 amide bonds. The zero-order chi connectivity index (χ0) is 12.4. The zero-order valence-corrected chi connectivity index (χ0v) is 10.9. The van der Waals surface area contributed by atoms with Crippen molar-refractivity contribution in [3.63, 3.8) is 0 Å². The Balaban J connectivity index is 1.76. The maximum atomic E-state index is 5.20. The molecular formula is C15H20N2O. The molecule has 0 unspecified atom stereocenters. The molecule has 1 aromatic heterocycles. The number of benzene rings is 1. The van der Waals surface area contributed by atoms with Gasteiger partial charge in [-0.2, -0.15) is 0 Å². The first-order valence-corrected chi connectivity index (χ1v) is 6.66. The normalized spacial score (nSPS) is 18.5. The number of aromatic amines is 1. The zero-order valence-electron chi connectivity index (χ0n) is 10.9. The fraction of sp³-hybridized carbons (Fsp3) is 0.467. The molecule has 2 heterocycles. The van der Waals surface area contributed by atoms with Crippen LogP contribution in [0.1, 0.15) is 24.3 Å². The number of H-pyrrole nitrogens is 1. The Kier molecular flexibility index (Phi) is 3.35. The molecule has 0 saturated carbocycles. The minimum absolute atomic E-state index is 0.689. The highest BCUT2D eigenvalue weighted by Gasteiger charge is 2.22. The van der Waals surface area contributed by atoms with Crippen molar-refractivity contribution < 1.29 is 4.74 Å². The van der Waals surface area contributed by atoms with Crippen molar-refractivity contribution in [3.8, 4) is 0 Å². The summed E-state index contributed by atoms with van der Waals surface area (Å²) < 4.78 is 5.20. The highest BCUT2D eigenvalue weighted by atomic mass is 16.5. The van der Waals surface area contributed by atoms with Gasteiger partial charge in [0.1, 0.15) is 0 Å². The van der Waals surface area contributed by atoms with E-state index in [9.17, 15) is 0 Å². The molecule has 0 bridgehead atoms. The van der Waals surface area contributed by atoms with Gasteiger partial charge in [0, 0.05) is 37.3 Å². The number of hydrogen-bond acceptors (Lipinski definition) is 2. The fourth-order valence-corrected chi connectivity index (χ4v) is 2.99. The van der Waals surface area contributed by atoms with E-state index in [1.54, 1.807) is 7.11 Å². The lowest BCUT2D eigenvalue weighted by atomic mass is 9.89. The van der Waals surface area contributed by atoms with Crippen molar-refractivity contribution in [2.24, 2.45) is 0 Å². The number of likely N-dealkylation sites (tertiary alicyclic amines) is 1. The average molecular weight is 244 g/mol. The van der Waals surface area contributed by atoms with E-state index in [0.717, 1.165) is 19.8 Å². The molecule has 96 valence electrons. The van der Waals surface area contributed by atoms with Crippen molar-refractivity contribution in [2.75, 3.05) is 26.9 Å². The van der Waals surface area contributed by atoms with E-state index in [1.807, 2.05) is 0 Å². The Morgan fingerprint density at radius 2 is 2.06 bits per heavy atom. The molecule has 1 N–H and O–H groups in total. The number of para-hydroxylation sites is 1. The molecule has 0 spiro atoms. The number of hydrogen-bond donors (Lipinski definition) is 1. The van der Waals surface area contributed by atoms with E-state index in [2.05, 4.69) is 40.3 Å². The summed E-state index contributed by atoms with van der Waals surface area (Å²) in [5.41, 5.74) is 2.74. The van der Waals surface area contributed by atoms with Crippen LogP contribution in [-0.4, -0.2) is 36.8 Å². The van der Waals surface area contributed by atoms with Crippen LogP contribution in [0.25, 0.3) is 10.9 Å². The van der Waals surface area contributed by atoms with Crippen molar-refractivity contribution in [2.45, 2.75) is 18.8 Å². The van der Waals surface area contributed by atoms with Gasteiger partial charge in [-0.15, -0.1) is 0 Å². The standard InChI is InChI=1S/C15H20N2O/c1-18-11-17-8-6-12(7-9-17)14-10-16-15-5-3-2-4-13(14)15/h2-5,10,12,16H,6-9,11H2,1H3. The number of methoxy groups -OCH3 is 1. The average Bonchev–Trinajstić information content (AvgIpc) is 2.84. The minimum Gasteiger partial charge on any atom is -0.369 e. The summed E-state index contributed by atoms with van der Waals surface area (Å²) in [6.07, 6.45) is 4.65. The van der Waals surface area contributed by atoms with Crippen molar-refractivity contribution >= 4 is 10.9 Å². The number of ether oxygens (including phenoxy) is 1. The van der Waals surface area contributed by atoms with Gasteiger partial charge in [-0.25, -0.2) is 0 Å². The van der Waals surface area contributed by atoms with Gasteiger partial charge in [0.2, 0.25) is 0 Å². The van der Waals surface area contributed by atoms with E-state index >= 15 is 0 Å². The molecule has 0 atom stereocenters. The van der Waals surface area contributed by atoms with Crippen LogP contribution in [0.3, 0.4) is 0 Å². The largest absolute Gasteiger partial charge is 0.369 e. The lowest BCUT2D eigenvalue weighted by Gasteiger charge is -2.31. The third kappa shape index (κ3) is 2.16. The van der Waals surface area contributed by atoms with Crippen LogP contribution in [0.5, 0.6) is 0 Å². The molecule has 3 rings (SSSR count). The topological polar surface area (TPSA) is 28.3 Å². The lowest BCUT2D eigenvalue weighted by molar-refractivity contribution is 0.0468. The van der Waals surface area contributed by atoms with E-state index in [0.29, 0.717) is 5.92 Å². The van der Waals surface area contributed by atoms with Crippen LogP contribution < -0.4 is 0 Å². The highest BCUT2D eigenvalue weighted by molar-refractivity contribution is 5.83. The maximum absolute atomic E-state index is 5.20. The number of aromatic nitrogens is 1. The quantitative estimate of drug-likeness (QED) is 0.899. The van der Waals surface area contributed by atoms with Gasteiger partial charge in [-0.05, 0) is 30.4 Å². The van der Waals surface area contributed by atoms with Crippen LogP contribution >= 0.6 is 0 Å². The predicted molar refractivity (Wildman–Crippen MR) is 73.7 cm³/mol. The summed E-state index contributed by atoms with van der Waals surface area (Å²) in [6.45, 7) is 3.04. The van der Waals surface area contributed by atoms with Gasteiger partial charge < -0.3 is 9.72 Å². The summed E-state index contributed by atoms with van der Waals surface area (Å²) in [5, 5.41) is 1.39. The van der Waals surface area contributed by atoms with Crippen molar-refractivity contribution in [1.82, 2.24) is 9.88 Å². The summed E-state index contributed by atoms with van der Waals surface area (Å²) in [6, 6.07) is 8.59. The third-order valence-electron chi connectivity index (χ3n) is 3.96. The Hall–Kier alpha value is -1.32. The van der Waals surface area contributed by atoms with Gasteiger partial charge in [0.15, 0.2) is 0 Å². The highest BCUT2D eigenvalue weighted by Crippen LogP contribution is 2.32. The molecule has 2 aromatic rings. The summed E-state index contributed by atoms with van der Waals surface area (Å²) >= 11 is 0. The van der Waals surface area contributed by atoms with Gasteiger partial charge in [0.05, 0.1) is 6.73 Å². The molecule has 3 nitrogen and oxygen atoms in total. The Morgan fingerprint density at radius 1 is 1.28 bits per heavy atom. The number of nitrogens with zero attached hydrogens (tertiary/aromatic N) is 1. The van der Waals surface area contributed by atoms with Crippen molar-refractivity contribution in [1.29, 1.82) is 0 Å². The van der Waals surface area contributed by atoms with Crippen LogP contribution in [0.15, 0.2) is 30.5 Å². The second-order valence-electron chi connectivity index (χ2n) is 5.10. The Labute approximate surface area is 108 Å². The first-order chi connectivity index (χ1) is 8.88. The Bertz CT molecular complexity index is 512. The summed E-state index contributed by atoms with van der Waals surface area (Å²) in [7, 11) is 1.77. The molecule has 1 fully saturated rings. The molecule has 1 aliphatic rings. The fourth-order valence-electron chi connectivity index (χ4n) is 2.99. The van der Waals surface area contributed by atoms with E-state index < -0.39 is 0 Å². The van der Waals surface area contributed by atoms with Gasteiger partial charge >= 0.3 is 0 Å². The summed E-state index contributed by atoms with van der Waals surface area (Å²) in [4.78, 5) is 5.76. The smallest absolute Gasteiger partial charge is 0.0986 e. The van der Waals surface area contributed by atoms with E-state index in [4.69, 9.17) is 4.74 Å². The molecule has 1 aromatic carbocycles. The first kappa shape index (κ1) is 11.8. The van der Waals surface area contributed by atoms with Crippen LogP contribution in [0, 0.1) is 0 Å². The molecule has 3 heteroatoms. The Morgan fingerprint density at radius 3 is 2.83 bits per heavy atom. The van der Waals surface area contributed by atoms with Crippen molar-refractivity contribution in [3.05, 3.63) is 36.0 Å². The maximum Gasteiger partial charge on any atom is 0.0986 e.